The fourth-order valence-electron chi connectivity index (χ4n) is 2.75. The van der Waals surface area contributed by atoms with E-state index in [1.807, 2.05) is 4.90 Å². The molecule has 1 heterocycles. The summed E-state index contributed by atoms with van der Waals surface area (Å²) in [6.07, 6.45) is 1.49. The van der Waals surface area contributed by atoms with Crippen LogP contribution in [0.3, 0.4) is 0 Å². The fraction of sp³-hybridized carbons (Fsp3) is 0.556. The molecule has 1 aliphatic heterocycles. The van der Waals surface area contributed by atoms with Crippen LogP contribution in [-0.4, -0.2) is 34.8 Å². The topological polar surface area (TPSA) is 37.4 Å². The van der Waals surface area contributed by atoms with Gasteiger partial charge in [0.05, 0.1) is 0 Å². The Labute approximate surface area is 137 Å². The standard InChI is InChI=1S/C18H25NO2S/c1-13(2)17-6-4-15(5-7-17)8-9-19-11-16(10-18(19)21)12-22-14(3)20/h4-7,13,16H,8-12H2,1-3H3. The lowest BCUT2D eigenvalue weighted by Crippen LogP contribution is -2.27. The molecule has 1 saturated heterocycles. The maximum Gasteiger partial charge on any atom is 0.222 e. The fourth-order valence-corrected chi connectivity index (χ4v) is 3.44. The SMILES string of the molecule is CC(=O)SCC1CC(=O)N(CCc2ccc(C(C)C)cc2)C1. The molecule has 0 aliphatic carbocycles. The average Bonchev–Trinajstić information content (AvgIpc) is 2.83. The summed E-state index contributed by atoms with van der Waals surface area (Å²) in [4.78, 5) is 25.0. The van der Waals surface area contributed by atoms with Crippen LogP contribution >= 0.6 is 11.8 Å². The highest BCUT2D eigenvalue weighted by Crippen LogP contribution is 2.23. The first-order valence-corrected chi connectivity index (χ1v) is 8.94. The van der Waals surface area contributed by atoms with Crippen LogP contribution in [-0.2, 0) is 16.0 Å². The lowest BCUT2D eigenvalue weighted by Gasteiger charge is -2.16. The monoisotopic (exact) mass is 319 g/mol. The van der Waals surface area contributed by atoms with Crippen LogP contribution in [0.25, 0.3) is 0 Å². The van der Waals surface area contributed by atoms with Crippen LogP contribution in [0.5, 0.6) is 0 Å². The molecule has 4 heteroatoms. The number of amides is 1. The summed E-state index contributed by atoms with van der Waals surface area (Å²) in [7, 11) is 0. The zero-order valence-corrected chi connectivity index (χ0v) is 14.5. The minimum Gasteiger partial charge on any atom is -0.342 e. The Balaban J connectivity index is 1.81. The molecule has 1 amide bonds. The van der Waals surface area contributed by atoms with Gasteiger partial charge in [0.1, 0.15) is 0 Å². The van der Waals surface area contributed by atoms with Gasteiger partial charge in [0.2, 0.25) is 5.91 Å². The molecule has 0 saturated carbocycles. The van der Waals surface area contributed by atoms with Crippen LogP contribution in [0.15, 0.2) is 24.3 Å². The van der Waals surface area contributed by atoms with E-state index in [1.165, 1.54) is 22.9 Å². The summed E-state index contributed by atoms with van der Waals surface area (Å²) in [6.45, 7) is 7.54. The van der Waals surface area contributed by atoms with Gasteiger partial charge in [-0.05, 0) is 29.4 Å². The van der Waals surface area contributed by atoms with Crippen molar-refractivity contribution in [2.75, 3.05) is 18.8 Å². The number of likely N-dealkylation sites (tertiary alicyclic amines) is 1. The Morgan fingerprint density at radius 3 is 2.59 bits per heavy atom. The average molecular weight is 319 g/mol. The van der Waals surface area contributed by atoms with Crippen molar-refractivity contribution in [1.29, 1.82) is 0 Å². The van der Waals surface area contributed by atoms with E-state index in [4.69, 9.17) is 0 Å². The Hall–Kier alpha value is -1.29. The summed E-state index contributed by atoms with van der Waals surface area (Å²) in [5.41, 5.74) is 2.63. The van der Waals surface area contributed by atoms with Crippen molar-refractivity contribution in [1.82, 2.24) is 4.90 Å². The predicted octanol–water partition coefficient (Wildman–Crippen LogP) is 3.48. The maximum absolute atomic E-state index is 12.0. The molecule has 0 spiro atoms. The summed E-state index contributed by atoms with van der Waals surface area (Å²) in [6, 6.07) is 8.69. The van der Waals surface area contributed by atoms with Gasteiger partial charge in [-0.2, -0.15) is 0 Å². The van der Waals surface area contributed by atoms with E-state index in [0.29, 0.717) is 18.3 Å². The van der Waals surface area contributed by atoms with Gasteiger partial charge in [-0.15, -0.1) is 0 Å². The third kappa shape index (κ3) is 4.87. The largest absolute Gasteiger partial charge is 0.342 e. The number of rotatable bonds is 6. The number of benzene rings is 1. The molecule has 1 aromatic carbocycles. The van der Waals surface area contributed by atoms with Gasteiger partial charge >= 0.3 is 0 Å². The molecule has 2 rings (SSSR count). The molecule has 120 valence electrons. The zero-order chi connectivity index (χ0) is 16.1. The van der Waals surface area contributed by atoms with Crippen molar-refractivity contribution < 1.29 is 9.59 Å². The number of thioether (sulfide) groups is 1. The number of hydrogen-bond acceptors (Lipinski definition) is 3. The lowest BCUT2D eigenvalue weighted by molar-refractivity contribution is -0.127. The van der Waals surface area contributed by atoms with Crippen LogP contribution in [0, 0.1) is 5.92 Å². The van der Waals surface area contributed by atoms with Crippen molar-refractivity contribution in [3.63, 3.8) is 0 Å². The van der Waals surface area contributed by atoms with Crippen molar-refractivity contribution in [3.05, 3.63) is 35.4 Å². The van der Waals surface area contributed by atoms with Crippen LogP contribution in [0.1, 0.15) is 44.2 Å². The van der Waals surface area contributed by atoms with E-state index in [0.717, 1.165) is 25.3 Å². The summed E-state index contributed by atoms with van der Waals surface area (Å²) in [5.74, 6) is 1.87. The highest BCUT2D eigenvalue weighted by molar-refractivity contribution is 8.13. The number of carbonyl (C=O) groups excluding carboxylic acids is 2. The highest BCUT2D eigenvalue weighted by atomic mass is 32.2. The maximum atomic E-state index is 12.0. The first-order valence-electron chi connectivity index (χ1n) is 7.95. The van der Waals surface area contributed by atoms with Gasteiger partial charge in [0, 0.05) is 32.2 Å². The van der Waals surface area contributed by atoms with Gasteiger partial charge < -0.3 is 4.90 Å². The molecule has 1 fully saturated rings. The lowest BCUT2D eigenvalue weighted by atomic mass is 10.0. The summed E-state index contributed by atoms with van der Waals surface area (Å²) >= 11 is 1.33. The molecular weight excluding hydrogens is 294 g/mol. The van der Waals surface area contributed by atoms with E-state index in [9.17, 15) is 9.59 Å². The quantitative estimate of drug-likeness (QED) is 0.805. The van der Waals surface area contributed by atoms with Crippen molar-refractivity contribution >= 4 is 22.8 Å². The Morgan fingerprint density at radius 2 is 2.00 bits per heavy atom. The van der Waals surface area contributed by atoms with Crippen molar-refractivity contribution in [2.45, 2.75) is 39.5 Å². The minimum absolute atomic E-state index is 0.135. The van der Waals surface area contributed by atoms with Crippen LogP contribution < -0.4 is 0 Å². The van der Waals surface area contributed by atoms with Crippen LogP contribution in [0.4, 0.5) is 0 Å². The smallest absolute Gasteiger partial charge is 0.222 e. The highest BCUT2D eigenvalue weighted by Gasteiger charge is 2.29. The summed E-state index contributed by atoms with van der Waals surface area (Å²) in [5, 5.41) is 0.135. The van der Waals surface area contributed by atoms with Gasteiger partial charge in [-0.3, -0.25) is 9.59 Å². The molecule has 0 aromatic heterocycles. The normalized spacial score (nSPS) is 18.3. The molecule has 1 aliphatic rings. The van der Waals surface area contributed by atoms with Gasteiger partial charge in [-0.1, -0.05) is 49.9 Å². The Kier molecular flexibility index (Phi) is 6.07. The van der Waals surface area contributed by atoms with E-state index < -0.39 is 0 Å². The van der Waals surface area contributed by atoms with Crippen molar-refractivity contribution in [3.8, 4) is 0 Å². The van der Waals surface area contributed by atoms with Crippen molar-refractivity contribution in [2.24, 2.45) is 5.92 Å². The molecule has 3 nitrogen and oxygen atoms in total. The molecule has 1 unspecified atom stereocenters. The first-order chi connectivity index (χ1) is 10.5. The third-order valence-corrected chi connectivity index (χ3v) is 5.18. The molecule has 0 N–H and O–H groups in total. The second kappa shape index (κ2) is 7.82. The Bertz CT molecular complexity index is 524. The van der Waals surface area contributed by atoms with E-state index >= 15 is 0 Å². The van der Waals surface area contributed by atoms with Crippen LogP contribution in [0.2, 0.25) is 0 Å². The van der Waals surface area contributed by atoms with E-state index in [2.05, 4.69) is 38.1 Å². The molecular formula is C18H25NO2S. The number of hydrogen-bond donors (Lipinski definition) is 0. The molecule has 22 heavy (non-hydrogen) atoms. The minimum atomic E-state index is 0.135. The third-order valence-electron chi connectivity index (χ3n) is 4.13. The second-order valence-corrected chi connectivity index (χ2v) is 7.56. The molecule has 0 bridgehead atoms. The van der Waals surface area contributed by atoms with E-state index in [1.54, 1.807) is 6.92 Å². The second-order valence-electron chi connectivity index (χ2n) is 6.36. The molecule has 1 atom stereocenters. The molecule has 1 aromatic rings. The zero-order valence-electron chi connectivity index (χ0n) is 13.7. The van der Waals surface area contributed by atoms with Gasteiger partial charge in [0.15, 0.2) is 5.12 Å². The van der Waals surface area contributed by atoms with Gasteiger partial charge in [0.25, 0.3) is 0 Å². The summed E-state index contributed by atoms with van der Waals surface area (Å²) < 4.78 is 0. The number of carbonyl (C=O) groups is 2. The van der Waals surface area contributed by atoms with E-state index in [-0.39, 0.29) is 11.0 Å². The molecule has 0 radical (unpaired) electrons. The Morgan fingerprint density at radius 1 is 1.32 bits per heavy atom. The predicted molar refractivity (Wildman–Crippen MR) is 92.1 cm³/mol. The first kappa shape index (κ1) is 17.1. The van der Waals surface area contributed by atoms with Gasteiger partial charge in [-0.25, -0.2) is 0 Å². The number of nitrogens with zero attached hydrogens (tertiary/aromatic N) is 1.